The van der Waals surface area contributed by atoms with Gasteiger partial charge in [-0.1, -0.05) is 11.6 Å². The van der Waals surface area contributed by atoms with E-state index in [0.717, 1.165) is 34.2 Å². The predicted molar refractivity (Wildman–Crippen MR) is 99.7 cm³/mol. The standard InChI is InChI=1S/C19H15ClN4O/c1-25-16-8-2-13(3-9-16)18-19(22-15-6-4-14(20)5-7-15)24-11-10-21-12-17(24)23-18/h2-12,22H,1H3. The van der Waals surface area contributed by atoms with Crippen molar-refractivity contribution in [2.24, 2.45) is 0 Å². The van der Waals surface area contributed by atoms with E-state index in [1.807, 2.05) is 59.1 Å². The molecular weight excluding hydrogens is 336 g/mol. The lowest BCUT2D eigenvalue weighted by molar-refractivity contribution is 0.415. The van der Waals surface area contributed by atoms with E-state index in [1.54, 1.807) is 19.5 Å². The molecule has 124 valence electrons. The Balaban J connectivity index is 1.83. The van der Waals surface area contributed by atoms with Crippen molar-refractivity contribution >= 4 is 28.8 Å². The number of hydrogen-bond acceptors (Lipinski definition) is 4. The van der Waals surface area contributed by atoms with Gasteiger partial charge in [-0.25, -0.2) is 4.98 Å². The third-order valence-electron chi connectivity index (χ3n) is 3.90. The fraction of sp³-hybridized carbons (Fsp3) is 0.0526. The SMILES string of the molecule is COc1ccc(-c2nc3cnccn3c2Nc2ccc(Cl)cc2)cc1. The van der Waals surface area contributed by atoms with Crippen molar-refractivity contribution in [3.8, 4) is 17.0 Å². The molecule has 4 aromatic rings. The lowest BCUT2D eigenvalue weighted by atomic mass is 10.1. The summed E-state index contributed by atoms with van der Waals surface area (Å²) in [5, 5.41) is 4.13. The molecule has 0 aliphatic rings. The van der Waals surface area contributed by atoms with E-state index in [-0.39, 0.29) is 0 Å². The lowest BCUT2D eigenvalue weighted by Crippen LogP contribution is -1.97. The van der Waals surface area contributed by atoms with Crippen molar-refractivity contribution in [1.29, 1.82) is 0 Å². The molecule has 0 unspecified atom stereocenters. The zero-order chi connectivity index (χ0) is 17.2. The van der Waals surface area contributed by atoms with E-state index < -0.39 is 0 Å². The summed E-state index contributed by atoms with van der Waals surface area (Å²) >= 11 is 5.98. The Bertz CT molecular complexity index is 1010. The van der Waals surface area contributed by atoms with Crippen LogP contribution in [0.2, 0.25) is 5.02 Å². The quantitative estimate of drug-likeness (QED) is 0.574. The normalized spacial score (nSPS) is 10.8. The minimum atomic E-state index is 0.697. The maximum atomic E-state index is 5.98. The number of ether oxygens (including phenoxy) is 1. The Morgan fingerprint density at radius 1 is 1.04 bits per heavy atom. The number of rotatable bonds is 4. The Labute approximate surface area is 149 Å². The fourth-order valence-electron chi connectivity index (χ4n) is 2.65. The summed E-state index contributed by atoms with van der Waals surface area (Å²) in [5.74, 6) is 1.67. The minimum absolute atomic E-state index is 0.697. The van der Waals surface area contributed by atoms with Gasteiger partial charge in [0.25, 0.3) is 0 Å². The van der Waals surface area contributed by atoms with Crippen molar-refractivity contribution in [3.63, 3.8) is 0 Å². The van der Waals surface area contributed by atoms with Crippen LogP contribution in [0.15, 0.2) is 67.1 Å². The molecule has 0 spiro atoms. The Kier molecular flexibility index (Phi) is 3.99. The number of nitrogens with one attached hydrogen (secondary N) is 1. The molecule has 0 atom stereocenters. The first-order chi connectivity index (χ1) is 12.2. The molecule has 0 saturated heterocycles. The first-order valence-corrected chi connectivity index (χ1v) is 8.11. The second-order valence-electron chi connectivity index (χ2n) is 5.47. The number of imidazole rings is 1. The van der Waals surface area contributed by atoms with Crippen LogP contribution in [0.3, 0.4) is 0 Å². The molecule has 0 radical (unpaired) electrons. The Morgan fingerprint density at radius 2 is 1.80 bits per heavy atom. The molecule has 0 aliphatic carbocycles. The predicted octanol–water partition coefficient (Wildman–Crippen LogP) is 4.80. The summed E-state index contributed by atoms with van der Waals surface area (Å²) in [6, 6.07) is 15.4. The molecule has 1 N–H and O–H groups in total. The zero-order valence-corrected chi connectivity index (χ0v) is 14.2. The van der Waals surface area contributed by atoms with Gasteiger partial charge in [0.2, 0.25) is 0 Å². The third kappa shape index (κ3) is 3.02. The zero-order valence-electron chi connectivity index (χ0n) is 13.5. The van der Waals surface area contributed by atoms with Gasteiger partial charge < -0.3 is 10.1 Å². The number of benzene rings is 2. The van der Waals surface area contributed by atoms with Crippen molar-refractivity contribution in [2.45, 2.75) is 0 Å². The van der Waals surface area contributed by atoms with E-state index in [2.05, 4.69) is 10.3 Å². The first kappa shape index (κ1) is 15.5. The highest BCUT2D eigenvalue weighted by Gasteiger charge is 2.14. The van der Waals surface area contributed by atoms with Crippen molar-refractivity contribution < 1.29 is 4.74 Å². The third-order valence-corrected chi connectivity index (χ3v) is 4.15. The highest BCUT2D eigenvalue weighted by Crippen LogP contribution is 2.32. The number of anilines is 2. The second-order valence-corrected chi connectivity index (χ2v) is 5.91. The van der Waals surface area contributed by atoms with Gasteiger partial charge in [0.05, 0.1) is 13.3 Å². The molecule has 2 aromatic heterocycles. The Morgan fingerprint density at radius 3 is 2.52 bits per heavy atom. The van der Waals surface area contributed by atoms with Crippen LogP contribution in [0.5, 0.6) is 5.75 Å². The van der Waals surface area contributed by atoms with Gasteiger partial charge in [-0.2, -0.15) is 0 Å². The summed E-state index contributed by atoms with van der Waals surface area (Å²) in [4.78, 5) is 8.88. The highest BCUT2D eigenvalue weighted by molar-refractivity contribution is 6.30. The average molecular weight is 351 g/mol. The van der Waals surface area contributed by atoms with Crippen LogP contribution in [-0.4, -0.2) is 21.5 Å². The van der Waals surface area contributed by atoms with Crippen molar-refractivity contribution in [3.05, 3.63) is 72.1 Å². The smallest absolute Gasteiger partial charge is 0.157 e. The van der Waals surface area contributed by atoms with E-state index >= 15 is 0 Å². The molecule has 0 bridgehead atoms. The summed E-state index contributed by atoms with van der Waals surface area (Å²) in [7, 11) is 1.65. The molecule has 4 rings (SSSR count). The van der Waals surface area contributed by atoms with Crippen LogP contribution in [0.1, 0.15) is 0 Å². The van der Waals surface area contributed by atoms with Crippen molar-refractivity contribution in [2.75, 3.05) is 12.4 Å². The number of halogens is 1. The van der Waals surface area contributed by atoms with Gasteiger partial charge in [0, 0.05) is 28.7 Å². The maximum Gasteiger partial charge on any atom is 0.157 e. The maximum absolute atomic E-state index is 5.98. The summed E-state index contributed by atoms with van der Waals surface area (Å²) in [6.45, 7) is 0. The van der Waals surface area contributed by atoms with Crippen LogP contribution in [0.25, 0.3) is 16.9 Å². The summed E-state index contributed by atoms with van der Waals surface area (Å²) in [5.41, 5.74) is 3.52. The number of fused-ring (bicyclic) bond motifs is 1. The molecule has 2 heterocycles. The van der Waals surface area contributed by atoms with Gasteiger partial charge in [-0.05, 0) is 48.5 Å². The topological polar surface area (TPSA) is 51.5 Å². The molecule has 2 aromatic carbocycles. The molecule has 0 fully saturated rings. The van der Waals surface area contributed by atoms with Crippen molar-refractivity contribution in [1.82, 2.24) is 14.4 Å². The molecule has 0 saturated carbocycles. The van der Waals surface area contributed by atoms with E-state index in [4.69, 9.17) is 21.3 Å². The molecule has 0 amide bonds. The molecule has 5 nitrogen and oxygen atoms in total. The average Bonchev–Trinajstić information content (AvgIpc) is 3.02. The van der Waals surface area contributed by atoms with E-state index in [1.165, 1.54) is 0 Å². The molecule has 6 heteroatoms. The van der Waals surface area contributed by atoms with E-state index in [0.29, 0.717) is 5.02 Å². The molecule has 25 heavy (non-hydrogen) atoms. The van der Waals surface area contributed by atoms with Gasteiger partial charge >= 0.3 is 0 Å². The van der Waals surface area contributed by atoms with E-state index in [9.17, 15) is 0 Å². The Hall–Kier alpha value is -3.05. The van der Waals surface area contributed by atoms with Gasteiger partial charge in [0.15, 0.2) is 5.65 Å². The summed E-state index contributed by atoms with van der Waals surface area (Å²) in [6.07, 6.45) is 5.35. The first-order valence-electron chi connectivity index (χ1n) is 7.74. The highest BCUT2D eigenvalue weighted by atomic mass is 35.5. The van der Waals surface area contributed by atoms with Gasteiger partial charge in [-0.15, -0.1) is 0 Å². The van der Waals surface area contributed by atoms with Crippen LogP contribution >= 0.6 is 11.6 Å². The number of hydrogen-bond donors (Lipinski definition) is 1. The van der Waals surface area contributed by atoms with Gasteiger partial charge in [0.1, 0.15) is 17.3 Å². The van der Waals surface area contributed by atoms with Crippen LogP contribution in [-0.2, 0) is 0 Å². The fourth-order valence-corrected chi connectivity index (χ4v) is 2.77. The molecular formula is C19H15ClN4O. The number of methoxy groups -OCH3 is 1. The van der Waals surface area contributed by atoms with Crippen LogP contribution < -0.4 is 10.1 Å². The largest absolute Gasteiger partial charge is 0.497 e. The summed E-state index contributed by atoms with van der Waals surface area (Å²) < 4.78 is 7.21. The monoisotopic (exact) mass is 350 g/mol. The minimum Gasteiger partial charge on any atom is -0.497 e. The number of nitrogens with zero attached hydrogens (tertiary/aromatic N) is 3. The van der Waals surface area contributed by atoms with Crippen LogP contribution in [0, 0.1) is 0 Å². The lowest BCUT2D eigenvalue weighted by Gasteiger charge is -2.09. The van der Waals surface area contributed by atoms with Crippen LogP contribution in [0.4, 0.5) is 11.5 Å². The van der Waals surface area contributed by atoms with Gasteiger partial charge in [-0.3, -0.25) is 9.38 Å². The number of aromatic nitrogens is 3. The second kappa shape index (κ2) is 6.45. The molecule has 0 aliphatic heterocycles.